The maximum absolute atomic E-state index is 5.83. The number of hydrogen-bond donors (Lipinski definition) is 1. The molecule has 0 bridgehead atoms. The van der Waals surface area contributed by atoms with Crippen LogP contribution in [0.5, 0.6) is 5.75 Å². The van der Waals surface area contributed by atoms with Gasteiger partial charge in [-0.1, -0.05) is 22.9 Å². The van der Waals surface area contributed by atoms with Gasteiger partial charge in [0, 0.05) is 19.8 Å². The van der Waals surface area contributed by atoms with Gasteiger partial charge in [0.1, 0.15) is 5.75 Å². The molecule has 4 heteroatoms. The first-order chi connectivity index (χ1) is 10.2. The smallest absolute Gasteiger partial charge is 0.124 e. The van der Waals surface area contributed by atoms with Crippen molar-refractivity contribution in [1.29, 1.82) is 0 Å². The van der Waals surface area contributed by atoms with Crippen LogP contribution in [-0.2, 0) is 0 Å². The molecule has 2 rings (SSSR count). The molecule has 0 fully saturated rings. The topological polar surface area (TPSA) is 21.3 Å². The molecule has 0 aliphatic heterocycles. The third-order valence-corrected chi connectivity index (χ3v) is 4.79. The monoisotopic (exact) mass is 367 g/mol. The summed E-state index contributed by atoms with van der Waals surface area (Å²) >= 11 is 5.42. The van der Waals surface area contributed by atoms with Gasteiger partial charge in [-0.25, -0.2) is 0 Å². The Labute approximate surface area is 139 Å². The Morgan fingerprint density at radius 1 is 1.24 bits per heavy atom. The van der Waals surface area contributed by atoms with Crippen molar-refractivity contribution >= 4 is 27.3 Å². The largest absolute Gasteiger partial charge is 0.494 e. The zero-order valence-electron chi connectivity index (χ0n) is 12.8. The van der Waals surface area contributed by atoms with Crippen LogP contribution in [0.1, 0.15) is 41.6 Å². The van der Waals surface area contributed by atoms with Crippen molar-refractivity contribution < 1.29 is 4.74 Å². The van der Waals surface area contributed by atoms with Crippen LogP contribution in [0.3, 0.4) is 0 Å². The molecule has 1 aromatic carbocycles. The van der Waals surface area contributed by atoms with Crippen LogP contribution in [0.4, 0.5) is 0 Å². The molecule has 0 aliphatic rings. The summed E-state index contributed by atoms with van der Waals surface area (Å²) in [6.07, 6.45) is 1.11. The quantitative estimate of drug-likeness (QED) is 0.715. The van der Waals surface area contributed by atoms with Gasteiger partial charge in [0.05, 0.1) is 12.6 Å². The molecule has 0 saturated carbocycles. The summed E-state index contributed by atoms with van der Waals surface area (Å²) in [4.78, 5) is 2.67. The second-order valence-corrected chi connectivity index (χ2v) is 7.19. The van der Waals surface area contributed by atoms with E-state index >= 15 is 0 Å². The van der Waals surface area contributed by atoms with Gasteiger partial charge in [0.2, 0.25) is 0 Å². The third kappa shape index (κ3) is 4.31. The second-order valence-electron chi connectivity index (χ2n) is 4.95. The van der Waals surface area contributed by atoms with Crippen molar-refractivity contribution in [2.75, 3.05) is 13.2 Å². The molecule has 114 valence electrons. The predicted octanol–water partition coefficient (Wildman–Crippen LogP) is 5.31. The van der Waals surface area contributed by atoms with E-state index in [-0.39, 0.29) is 6.04 Å². The normalized spacial score (nSPS) is 12.4. The van der Waals surface area contributed by atoms with Crippen molar-refractivity contribution in [1.82, 2.24) is 5.32 Å². The number of halogens is 1. The average molecular weight is 368 g/mol. The standard InChI is InChI=1S/C17H22BrNOS/c1-4-10-19-17(16-9-6-12(3)21-16)14-11-13(18)7-8-15(14)20-5-2/h6-9,11,17,19H,4-5,10H2,1-3H3. The van der Waals surface area contributed by atoms with Gasteiger partial charge in [-0.05, 0) is 57.1 Å². The first-order valence-corrected chi connectivity index (χ1v) is 8.98. The molecular weight excluding hydrogens is 346 g/mol. The minimum Gasteiger partial charge on any atom is -0.494 e. The summed E-state index contributed by atoms with van der Waals surface area (Å²) in [6, 6.07) is 10.8. The molecule has 0 amide bonds. The van der Waals surface area contributed by atoms with Gasteiger partial charge in [0.15, 0.2) is 0 Å². The highest BCUT2D eigenvalue weighted by Gasteiger charge is 2.19. The van der Waals surface area contributed by atoms with Crippen molar-refractivity contribution in [3.8, 4) is 5.75 Å². The van der Waals surface area contributed by atoms with E-state index < -0.39 is 0 Å². The molecule has 1 atom stereocenters. The number of nitrogens with one attached hydrogen (secondary N) is 1. The zero-order valence-corrected chi connectivity index (χ0v) is 15.2. The summed E-state index contributed by atoms with van der Waals surface area (Å²) in [6.45, 7) is 8.03. The Balaban J connectivity index is 2.42. The van der Waals surface area contributed by atoms with E-state index in [1.165, 1.54) is 15.3 Å². The van der Waals surface area contributed by atoms with Gasteiger partial charge in [-0.3, -0.25) is 0 Å². The number of rotatable bonds is 7. The Hall–Kier alpha value is -0.840. The predicted molar refractivity (Wildman–Crippen MR) is 94.5 cm³/mol. The third-order valence-electron chi connectivity index (χ3n) is 3.23. The van der Waals surface area contributed by atoms with E-state index in [2.05, 4.69) is 53.3 Å². The molecule has 0 radical (unpaired) electrons. The van der Waals surface area contributed by atoms with Crippen molar-refractivity contribution in [2.45, 2.75) is 33.2 Å². The van der Waals surface area contributed by atoms with E-state index in [1.54, 1.807) is 0 Å². The Bertz CT molecular complexity index is 582. The molecule has 1 unspecified atom stereocenters. The van der Waals surface area contributed by atoms with Gasteiger partial charge in [-0.2, -0.15) is 0 Å². The van der Waals surface area contributed by atoms with Gasteiger partial charge in [0.25, 0.3) is 0 Å². The Morgan fingerprint density at radius 3 is 2.67 bits per heavy atom. The molecule has 2 aromatic rings. The van der Waals surface area contributed by atoms with E-state index in [1.807, 2.05) is 30.4 Å². The molecule has 1 aromatic heterocycles. The van der Waals surface area contributed by atoms with Crippen LogP contribution >= 0.6 is 27.3 Å². The summed E-state index contributed by atoms with van der Waals surface area (Å²) in [5.74, 6) is 0.959. The van der Waals surface area contributed by atoms with Crippen LogP contribution in [0.2, 0.25) is 0 Å². The fourth-order valence-corrected chi connectivity index (χ4v) is 3.64. The lowest BCUT2D eigenvalue weighted by Crippen LogP contribution is -2.23. The van der Waals surface area contributed by atoms with E-state index in [4.69, 9.17) is 4.74 Å². The lowest BCUT2D eigenvalue weighted by molar-refractivity contribution is 0.333. The van der Waals surface area contributed by atoms with Crippen LogP contribution in [-0.4, -0.2) is 13.2 Å². The molecule has 2 nitrogen and oxygen atoms in total. The van der Waals surface area contributed by atoms with Crippen LogP contribution in [0.15, 0.2) is 34.8 Å². The summed E-state index contributed by atoms with van der Waals surface area (Å²) in [5.41, 5.74) is 1.20. The molecule has 0 aliphatic carbocycles. The maximum Gasteiger partial charge on any atom is 0.124 e. The lowest BCUT2D eigenvalue weighted by atomic mass is 10.0. The molecule has 0 spiro atoms. The molecule has 21 heavy (non-hydrogen) atoms. The van der Waals surface area contributed by atoms with E-state index in [0.717, 1.165) is 23.2 Å². The first kappa shape index (κ1) is 16.5. The minimum atomic E-state index is 0.183. The van der Waals surface area contributed by atoms with E-state index in [0.29, 0.717) is 6.61 Å². The highest BCUT2D eigenvalue weighted by molar-refractivity contribution is 9.10. The Kier molecular flexibility index (Phi) is 6.27. The van der Waals surface area contributed by atoms with Crippen molar-refractivity contribution in [2.24, 2.45) is 0 Å². The van der Waals surface area contributed by atoms with Gasteiger partial charge < -0.3 is 10.1 Å². The minimum absolute atomic E-state index is 0.183. The summed E-state index contributed by atoms with van der Waals surface area (Å²) in [7, 11) is 0. The van der Waals surface area contributed by atoms with E-state index in [9.17, 15) is 0 Å². The molecule has 1 heterocycles. The van der Waals surface area contributed by atoms with Crippen molar-refractivity contribution in [3.05, 3.63) is 50.1 Å². The molecule has 0 saturated heterocycles. The summed E-state index contributed by atoms with van der Waals surface area (Å²) < 4.78 is 6.91. The molecular formula is C17H22BrNOS. The number of hydrogen-bond acceptors (Lipinski definition) is 3. The Morgan fingerprint density at radius 2 is 2.05 bits per heavy atom. The second kappa shape index (κ2) is 7.97. The average Bonchev–Trinajstić information content (AvgIpc) is 2.89. The van der Waals surface area contributed by atoms with Gasteiger partial charge >= 0.3 is 0 Å². The SMILES string of the molecule is CCCNC(c1ccc(C)s1)c1cc(Br)ccc1OCC. The summed E-state index contributed by atoms with van der Waals surface area (Å²) in [5, 5.41) is 3.65. The maximum atomic E-state index is 5.83. The lowest BCUT2D eigenvalue weighted by Gasteiger charge is -2.21. The number of aryl methyl sites for hydroxylation is 1. The van der Waals surface area contributed by atoms with Crippen LogP contribution < -0.4 is 10.1 Å². The number of ether oxygens (including phenoxy) is 1. The first-order valence-electron chi connectivity index (χ1n) is 7.37. The zero-order chi connectivity index (χ0) is 15.2. The highest BCUT2D eigenvalue weighted by atomic mass is 79.9. The fourth-order valence-electron chi connectivity index (χ4n) is 2.29. The number of benzene rings is 1. The fraction of sp³-hybridized carbons (Fsp3) is 0.412. The molecule has 1 N–H and O–H groups in total. The highest BCUT2D eigenvalue weighted by Crippen LogP contribution is 2.35. The van der Waals surface area contributed by atoms with Crippen molar-refractivity contribution in [3.63, 3.8) is 0 Å². The van der Waals surface area contributed by atoms with Gasteiger partial charge in [-0.15, -0.1) is 11.3 Å². The van der Waals surface area contributed by atoms with Crippen LogP contribution in [0, 0.1) is 6.92 Å². The van der Waals surface area contributed by atoms with Crippen LogP contribution in [0.25, 0.3) is 0 Å². The number of thiophene rings is 1.